The van der Waals surface area contributed by atoms with E-state index in [1.54, 1.807) is 18.0 Å². The summed E-state index contributed by atoms with van der Waals surface area (Å²) < 4.78 is 19.0. The average Bonchev–Trinajstić information content (AvgIpc) is 3.26. The zero-order chi connectivity index (χ0) is 23.4. The van der Waals surface area contributed by atoms with Gasteiger partial charge < -0.3 is 4.74 Å². The molecule has 2 aromatic carbocycles. The van der Waals surface area contributed by atoms with E-state index in [2.05, 4.69) is 5.10 Å². The van der Waals surface area contributed by atoms with Gasteiger partial charge in [-0.3, -0.25) is 14.5 Å². The van der Waals surface area contributed by atoms with Crippen LogP contribution in [-0.4, -0.2) is 53.7 Å². The van der Waals surface area contributed by atoms with Crippen LogP contribution in [0.25, 0.3) is 0 Å². The zero-order valence-electron chi connectivity index (χ0n) is 19.2. The average molecular weight is 452 g/mol. The second kappa shape index (κ2) is 10.3. The number of piperidine rings is 1. The molecule has 0 saturated carbocycles. The van der Waals surface area contributed by atoms with Crippen LogP contribution < -0.4 is 0 Å². The molecule has 6 nitrogen and oxygen atoms in total. The minimum absolute atomic E-state index is 0.128. The lowest BCUT2D eigenvalue weighted by molar-refractivity contribution is -0.150. The Hall–Kier alpha value is -3.06. The standard InChI is InChI=1S/C26H30FN3O3/c1-3-33-26(32)21-7-5-13-29(16-21)17-25(31)30-24(19-11-9-18(2)10-12-19)15-23(28-30)20-6-4-8-22(27)14-20/h4,6,8-12,14,21,24H,3,5,7,13,15-17H2,1-2H3. The third-order valence-corrected chi connectivity index (χ3v) is 6.27. The number of rotatable bonds is 6. The van der Waals surface area contributed by atoms with Crippen molar-refractivity contribution in [2.24, 2.45) is 11.0 Å². The first-order valence-corrected chi connectivity index (χ1v) is 11.6. The van der Waals surface area contributed by atoms with Crippen LogP contribution in [0.15, 0.2) is 53.6 Å². The molecule has 33 heavy (non-hydrogen) atoms. The van der Waals surface area contributed by atoms with Crippen molar-refractivity contribution in [2.45, 2.75) is 39.2 Å². The predicted molar refractivity (Wildman–Crippen MR) is 124 cm³/mol. The lowest BCUT2D eigenvalue weighted by Gasteiger charge is -2.32. The Labute approximate surface area is 194 Å². The van der Waals surface area contributed by atoms with E-state index in [4.69, 9.17) is 4.74 Å². The van der Waals surface area contributed by atoms with E-state index in [0.29, 0.717) is 30.8 Å². The first kappa shape index (κ1) is 23.1. The van der Waals surface area contributed by atoms with E-state index in [1.807, 2.05) is 42.2 Å². The van der Waals surface area contributed by atoms with Gasteiger partial charge in [0.25, 0.3) is 5.91 Å². The third-order valence-electron chi connectivity index (χ3n) is 6.27. The van der Waals surface area contributed by atoms with Gasteiger partial charge in [0.2, 0.25) is 0 Å². The highest BCUT2D eigenvalue weighted by atomic mass is 19.1. The molecule has 0 aliphatic carbocycles. The van der Waals surface area contributed by atoms with Crippen molar-refractivity contribution in [1.82, 2.24) is 9.91 Å². The summed E-state index contributed by atoms with van der Waals surface area (Å²) in [5.74, 6) is -0.856. The van der Waals surface area contributed by atoms with E-state index in [0.717, 1.165) is 30.5 Å². The molecule has 1 saturated heterocycles. The maximum Gasteiger partial charge on any atom is 0.310 e. The highest BCUT2D eigenvalue weighted by molar-refractivity contribution is 6.03. The Morgan fingerprint density at radius 3 is 2.70 bits per heavy atom. The molecule has 4 rings (SSSR count). The van der Waals surface area contributed by atoms with Crippen LogP contribution in [0.5, 0.6) is 0 Å². The van der Waals surface area contributed by atoms with Gasteiger partial charge in [-0.1, -0.05) is 42.0 Å². The number of aryl methyl sites for hydroxylation is 1. The lowest BCUT2D eigenvalue weighted by Crippen LogP contribution is -2.44. The van der Waals surface area contributed by atoms with E-state index in [1.165, 1.54) is 12.1 Å². The fourth-order valence-electron chi connectivity index (χ4n) is 4.55. The molecule has 174 valence electrons. The van der Waals surface area contributed by atoms with Crippen molar-refractivity contribution < 1.29 is 18.7 Å². The molecule has 0 bridgehead atoms. The van der Waals surface area contributed by atoms with Gasteiger partial charge in [-0.05, 0) is 50.9 Å². The van der Waals surface area contributed by atoms with Gasteiger partial charge in [-0.15, -0.1) is 0 Å². The summed E-state index contributed by atoms with van der Waals surface area (Å²) in [5.41, 5.74) is 3.51. The number of halogens is 1. The summed E-state index contributed by atoms with van der Waals surface area (Å²) in [6, 6.07) is 14.1. The second-order valence-corrected chi connectivity index (χ2v) is 8.75. The topological polar surface area (TPSA) is 62.2 Å². The van der Waals surface area contributed by atoms with Crippen LogP contribution in [0.2, 0.25) is 0 Å². The Bertz CT molecular complexity index is 1040. The monoisotopic (exact) mass is 451 g/mol. The molecule has 0 radical (unpaired) electrons. The van der Waals surface area contributed by atoms with Crippen molar-refractivity contribution in [3.05, 3.63) is 71.0 Å². The smallest absolute Gasteiger partial charge is 0.310 e. The number of hydrazone groups is 1. The van der Waals surface area contributed by atoms with Gasteiger partial charge in [0.05, 0.1) is 30.8 Å². The second-order valence-electron chi connectivity index (χ2n) is 8.75. The molecule has 1 amide bonds. The number of likely N-dealkylation sites (tertiary alicyclic amines) is 1. The van der Waals surface area contributed by atoms with Crippen LogP contribution in [0.3, 0.4) is 0 Å². The molecule has 2 atom stereocenters. The van der Waals surface area contributed by atoms with E-state index in [9.17, 15) is 14.0 Å². The Kier molecular flexibility index (Phi) is 7.18. The molecule has 2 aliphatic rings. The summed E-state index contributed by atoms with van der Waals surface area (Å²) in [7, 11) is 0. The molecule has 0 N–H and O–H groups in total. The van der Waals surface area contributed by atoms with Gasteiger partial charge in [-0.2, -0.15) is 5.10 Å². The van der Waals surface area contributed by atoms with Crippen LogP contribution in [0.4, 0.5) is 4.39 Å². The number of esters is 1. The maximum absolute atomic E-state index is 13.8. The van der Waals surface area contributed by atoms with Gasteiger partial charge >= 0.3 is 5.97 Å². The van der Waals surface area contributed by atoms with Gasteiger partial charge in [-0.25, -0.2) is 9.40 Å². The zero-order valence-corrected chi connectivity index (χ0v) is 19.2. The lowest BCUT2D eigenvalue weighted by atomic mass is 9.97. The van der Waals surface area contributed by atoms with Crippen LogP contribution in [0.1, 0.15) is 48.9 Å². The molecule has 7 heteroatoms. The number of amides is 1. The summed E-state index contributed by atoms with van der Waals surface area (Å²) >= 11 is 0. The van der Waals surface area contributed by atoms with Crippen molar-refractivity contribution >= 4 is 17.6 Å². The maximum atomic E-state index is 13.8. The third kappa shape index (κ3) is 5.47. The Balaban J connectivity index is 1.54. The molecule has 2 unspecified atom stereocenters. The van der Waals surface area contributed by atoms with Crippen molar-refractivity contribution in [1.29, 1.82) is 0 Å². The SMILES string of the molecule is CCOC(=O)C1CCCN(CC(=O)N2N=C(c3cccc(F)c3)CC2c2ccc(C)cc2)C1. The van der Waals surface area contributed by atoms with E-state index < -0.39 is 0 Å². The largest absolute Gasteiger partial charge is 0.466 e. The fourth-order valence-corrected chi connectivity index (χ4v) is 4.55. The normalized spacial score (nSPS) is 21.1. The van der Waals surface area contributed by atoms with Crippen LogP contribution in [0, 0.1) is 18.7 Å². The molecule has 2 aliphatic heterocycles. The number of hydrogen-bond acceptors (Lipinski definition) is 5. The van der Waals surface area contributed by atoms with Gasteiger partial charge in [0, 0.05) is 18.5 Å². The van der Waals surface area contributed by atoms with Gasteiger partial charge in [0.1, 0.15) is 5.82 Å². The minimum Gasteiger partial charge on any atom is -0.466 e. The van der Waals surface area contributed by atoms with Crippen molar-refractivity contribution in [3.63, 3.8) is 0 Å². The molecule has 2 heterocycles. The molecule has 0 aromatic heterocycles. The molecular formula is C26H30FN3O3. The highest BCUT2D eigenvalue weighted by Crippen LogP contribution is 2.33. The highest BCUT2D eigenvalue weighted by Gasteiger charge is 2.35. The summed E-state index contributed by atoms with van der Waals surface area (Å²) in [4.78, 5) is 27.6. The first-order chi connectivity index (χ1) is 15.9. The van der Waals surface area contributed by atoms with Crippen LogP contribution >= 0.6 is 0 Å². The minimum atomic E-state index is -0.329. The van der Waals surface area contributed by atoms with Crippen LogP contribution in [-0.2, 0) is 14.3 Å². The fraction of sp³-hybridized carbons (Fsp3) is 0.423. The van der Waals surface area contributed by atoms with E-state index in [-0.39, 0.29) is 36.2 Å². The number of benzene rings is 2. The molecular weight excluding hydrogens is 421 g/mol. The number of nitrogens with zero attached hydrogens (tertiary/aromatic N) is 3. The molecule has 1 fully saturated rings. The van der Waals surface area contributed by atoms with Crippen molar-refractivity contribution in [2.75, 3.05) is 26.2 Å². The summed E-state index contributed by atoms with van der Waals surface area (Å²) in [6.45, 7) is 5.62. The summed E-state index contributed by atoms with van der Waals surface area (Å²) in [6.07, 6.45) is 2.14. The predicted octanol–water partition coefficient (Wildman–Crippen LogP) is 4.09. The number of ether oxygens (including phenoxy) is 1. The summed E-state index contributed by atoms with van der Waals surface area (Å²) in [5, 5.41) is 6.18. The quantitative estimate of drug-likeness (QED) is 0.621. The Morgan fingerprint density at radius 2 is 1.97 bits per heavy atom. The molecule has 0 spiro atoms. The Morgan fingerprint density at radius 1 is 1.18 bits per heavy atom. The van der Waals surface area contributed by atoms with Gasteiger partial charge in [0.15, 0.2) is 0 Å². The number of hydrogen-bond donors (Lipinski definition) is 0. The van der Waals surface area contributed by atoms with Crippen molar-refractivity contribution in [3.8, 4) is 0 Å². The number of carbonyl (C=O) groups excluding carboxylic acids is 2. The van der Waals surface area contributed by atoms with E-state index >= 15 is 0 Å². The molecule has 2 aromatic rings. The number of carbonyl (C=O) groups is 2. The first-order valence-electron chi connectivity index (χ1n) is 11.6.